The van der Waals surface area contributed by atoms with Gasteiger partial charge < -0.3 is 5.32 Å². The maximum Gasteiger partial charge on any atom is 0.271 e. The van der Waals surface area contributed by atoms with Crippen LogP contribution in [0.2, 0.25) is 0 Å². The highest BCUT2D eigenvalue weighted by Gasteiger charge is 2.15. The van der Waals surface area contributed by atoms with E-state index < -0.39 is 16.6 Å². The lowest BCUT2D eigenvalue weighted by molar-refractivity contribution is -0.384. The summed E-state index contributed by atoms with van der Waals surface area (Å²) in [6.45, 7) is 3.33. The molecule has 0 radical (unpaired) electrons. The van der Waals surface area contributed by atoms with E-state index in [1.807, 2.05) is 6.07 Å². The van der Waals surface area contributed by atoms with Crippen LogP contribution in [0.15, 0.2) is 23.2 Å². The molecule has 0 unspecified atom stereocenters. The van der Waals surface area contributed by atoms with Crippen LogP contribution in [0.3, 0.4) is 0 Å². The number of hydrogen-bond acceptors (Lipinski definition) is 7. The number of nitro benzene ring substituents is 1. The van der Waals surface area contributed by atoms with Crippen LogP contribution in [0.25, 0.3) is 0 Å². The Balaban J connectivity index is 2.11. The first kappa shape index (κ1) is 18.3. The average molecular weight is 361 g/mol. The Kier molecular flexibility index (Phi) is 5.61. The third-order valence-electron chi connectivity index (χ3n) is 3.06. The van der Waals surface area contributed by atoms with Crippen molar-refractivity contribution in [3.63, 3.8) is 0 Å². The zero-order valence-electron chi connectivity index (χ0n) is 13.2. The van der Waals surface area contributed by atoms with Crippen molar-refractivity contribution < 1.29 is 14.1 Å². The van der Waals surface area contributed by atoms with Gasteiger partial charge in [0.2, 0.25) is 5.91 Å². The van der Waals surface area contributed by atoms with E-state index in [2.05, 4.69) is 15.3 Å². The minimum absolute atomic E-state index is 0.146. The van der Waals surface area contributed by atoms with Gasteiger partial charge in [-0.3, -0.25) is 14.9 Å². The third-order valence-corrected chi connectivity index (χ3v) is 4.03. The summed E-state index contributed by atoms with van der Waals surface area (Å²) in [4.78, 5) is 30.2. The molecular formula is C15H12FN5O3S. The number of amides is 1. The minimum atomic E-state index is -0.782. The van der Waals surface area contributed by atoms with Gasteiger partial charge in [0.05, 0.1) is 22.1 Å². The van der Waals surface area contributed by atoms with Crippen molar-refractivity contribution >= 4 is 29.0 Å². The van der Waals surface area contributed by atoms with Crippen molar-refractivity contribution in [3.8, 4) is 6.07 Å². The van der Waals surface area contributed by atoms with Crippen LogP contribution in [-0.2, 0) is 4.79 Å². The summed E-state index contributed by atoms with van der Waals surface area (Å²) in [5.74, 6) is -1.05. The molecule has 0 saturated carbocycles. The largest absolute Gasteiger partial charge is 0.323 e. The van der Waals surface area contributed by atoms with E-state index in [-0.39, 0.29) is 22.7 Å². The van der Waals surface area contributed by atoms with Crippen LogP contribution in [-0.4, -0.2) is 26.6 Å². The Morgan fingerprint density at radius 1 is 1.44 bits per heavy atom. The lowest BCUT2D eigenvalue weighted by Crippen LogP contribution is -2.15. The van der Waals surface area contributed by atoms with Crippen LogP contribution in [0, 0.1) is 41.1 Å². The van der Waals surface area contributed by atoms with Crippen molar-refractivity contribution in [1.29, 1.82) is 5.26 Å². The van der Waals surface area contributed by atoms with E-state index in [4.69, 9.17) is 5.26 Å². The number of hydrogen-bond donors (Lipinski definition) is 1. The number of nitriles is 1. The second-order valence-electron chi connectivity index (χ2n) is 4.91. The molecule has 1 aromatic heterocycles. The molecule has 0 aliphatic rings. The van der Waals surface area contributed by atoms with E-state index in [0.29, 0.717) is 16.5 Å². The smallest absolute Gasteiger partial charge is 0.271 e. The summed E-state index contributed by atoms with van der Waals surface area (Å²) in [5.41, 5.74) is 0.154. The number of aromatic nitrogens is 2. The van der Waals surface area contributed by atoms with Gasteiger partial charge in [-0.05, 0) is 19.9 Å². The van der Waals surface area contributed by atoms with E-state index in [9.17, 15) is 19.3 Å². The van der Waals surface area contributed by atoms with Crippen LogP contribution < -0.4 is 5.32 Å². The Morgan fingerprint density at radius 2 is 2.16 bits per heavy atom. The van der Waals surface area contributed by atoms with Crippen molar-refractivity contribution in [3.05, 3.63) is 51.2 Å². The number of rotatable bonds is 5. The van der Waals surface area contributed by atoms with Crippen molar-refractivity contribution in [2.24, 2.45) is 0 Å². The number of carbonyl (C=O) groups is 1. The zero-order valence-corrected chi connectivity index (χ0v) is 14.1. The molecule has 0 bridgehead atoms. The molecule has 1 N–H and O–H groups in total. The molecule has 25 heavy (non-hydrogen) atoms. The van der Waals surface area contributed by atoms with Gasteiger partial charge in [-0.2, -0.15) is 5.26 Å². The minimum Gasteiger partial charge on any atom is -0.323 e. The molecule has 10 heteroatoms. The van der Waals surface area contributed by atoms with Gasteiger partial charge in [-0.1, -0.05) is 11.8 Å². The number of non-ortho nitro benzene ring substituents is 1. The summed E-state index contributed by atoms with van der Waals surface area (Å²) >= 11 is 1.00. The molecule has 1 aromatic carbocycles. The highest BCUT2D eigenvalue weighted by Crippen LogP contribution is 2.24. The van der Waals surface area contributed by atoms with Gasteiger partial charge in [-0.15, -0.1) is 0 Å². The molecule has 0 spiro atoms. The maximum atomic E-state index is 13.7. The summed E-state index contributed by atoms with van der Waals surface area (Å²) in [7, 11) is 0. The standard InChI is InChI=1S/C15H12FN5O3S/c1-8-11(6-17)15(19-9(2)18-8)25-7-14(22)20-13-5-10(21(23)24)3-4-12(13)16/h3-5H,7H2,1-2H3,(H,20,22). The Morgan fingerprint density at radius 3 is 2.80 bits per heavy atom. The first-order valence-electron chi connectivity index (χ1n) is 6.93. The topological polar surface area (TPSA) is 122 Å². The third kappa shape index (κ3) is 4.48. The zero-order chi connectivity index (χ0) is 18.6. The van der Waals surface area contributed by atoms with Crippen LogP contribution in [0.1, 0.15) is 17.1 Å². The molecule has 1 amide bonds. The molecular weight excluding hydrogens is 349 g/mol. The van der Waals surface area contributed by atoms with Gasteiger partial charge in [-0.25, -0.2) is 14.4 Å². The fourth-order valence-electron chi connectivity index (χ4n) is 1.96. The molecule has 128 valence electrons. The number of nitrogens with zero attached hydrogens (tertiary/aromatic N) is 4. The Bertz CT molecular complexity index is 897. The number of thioether (sulfide) groups is 1. The number of nitrogens with one attached hydrogen (secondary N) is 1. The molecule has 2 aromatic rings. The second-order valence-corrected chi connectivity index (χ2v) is 5.87. The lowest BCUT2D eigenvalue weighted by atomic mass is 10.2. The number of nitro groups is 1. The molecule has 0 atom stereocenters. The fraction of sp³-hybridized carbons (Fsp3) is 0.200. The summed E-state index contributed by atoms with van der Waals surface area (Å²) in [5, 5.41) is 22.5. The van der Waals surface area contributed by atoms with Gasteiger partial charge in [0, 0.05) is 12.1 Å². The average Bonchev–Trinajstić information content (AvgIpc) is 2.54. The summed E-state index contributed by atoms with van der Waals surface area (Å²) < 4.78 is 13.7. The maximum absolute atomic E-state index is 13.7. The highest BCUT2D eigenvalue weighted by atomic mass is 32.2. The second kappa shape index (κ2) is 7.67. The number of benzene rings is 1. The molecule has 0 saturated heterocycles. The van der Waals surface area contributed by atoms with E-state index in [1.54, 1.807) is 13.8 Å². The van der Waals surface area contributed by atoms with E-state index >= 15 is 0 Å². The van der Waals surface area contributed by atoms with Gasteiger partial charge >= 0.3 is 0 Å². The van der Waals surface area contributed by atoms with E-state index in [1.165, 1.54) is 0 Å². The SMILES string of the molecule is Cc1nc(C)c(C#N)c(SCC(=O)Nc2cc([N+](=O)[O-])ccc2F)n1. The summed E-state index contributed by atoms with van der Waals surface area (Å²) in [6, 6.07) is 4.84. The monoisotopic (exact) mass is 361 g/mol. The van der Waals surface area contributed by atoms with Gasteiger partial charge in [0.15, 0.2) is 0 Å². The molecule has 1 heterocycles. The molecule has 0 fully saturated rings. The number of carbonyl (C=O) groups excluding carboxylic acids is 1. The van der Waals surface area contributed by atoms with Crippen LogP contribution in [0.4, 0.5) is 15.8 Å². The van der Waals surface area contributed by atoms with Gasteiger partial charge in [0.1, 0.15) is 28.3 Å². The first-order chi connectivity index (χ1) is 11.8. The Labute approximate surface area is 146 Å². The van der Waals surface area contributed by atoms with E-state index in [0.717, 1.165) is 30.0 Å². The molecule has 2 rings (SSSR count). The normalized spacial score (nSPS) is 10.2. The number of aryl methyl sites for hydroxylation is 2. The Hall–Kier alpha value is -3.06. The molecule has 0 aliphatic heterocycles. The molecule has 0 aliphatic carbocycles. The van der Waals surface area contributed by atoms with Crippen molar-refractivity contribution in [2.75, 3.05) is 11.1 Å². The van der Waals surface area contributed by atoms with Gasteiger partial charge in [0.25, 0.3) is 5.69 Å². The number of halogens is 1. The van der Waals surface area contributed by atoms with Crippen LogP contribution >= 0.6 is 11.8 Å². The molecule has 8 nitrogen and oxygen atoms in total. The van der Waals surface area contributed by atoms with Crippen LogP contribution in [0.5, 0.6) is 0 Å². The highest BCUT2D eigenvalue weighted by molar-refractivity contribution is 8.00. The predicted molar refractivity (Wildman–Crippen MR) is 88.6 cm³/mol. The summed E-state index contributed by atoms with van der Waals surface area (Å²) in [6.07, 6.45) is 0. The lowest BCUT2D eigenvalue weighted by Gasteiger charge is -2.08. The quantitative estimate of drug-likeness (QED) is 0.376. The predicted octanol–water partition coefficient (Wildman–Crippen LogP) is 2.74. The number of anilines is 1. The van der Waals surface area contributed by atoms with Crippen molar-refractivity contribution in [1.82, 2.24) is 9.97 Å². The van der Waals surface area contributed by atoms with Crippen molar-refractivity contribution in [2.45, 2.75) is 18.9 Å². The first-order valence-corrected chi connectivity index (χ1v) is 7.92. The fourth-order valence-corrected chi connectivity index (χ4v) is 2.83.